The summed E-state index contributed by atoms with van der Waals surface area (Å²) in [5, 5.41) is 4.82. The molecule has 0 aromatic heterocycles. The first-order valence-corrected chi connectivity index (χ1v) is 6.39. The van der Waals surface area contributed by atoms with E-state index in [1.54, 1.807) is 6.07 Å². The first kappa shape index (κ1) is 12.0. The van der Waals surface area contributed by atoms with Crippen molar-refractivity contribution in [3.05, 3.63) is 28.2 Å². The lowest BCUT2D eigenvalue weighted by molar-refractivity contribution is 0.466. The highest BCUT2D eigenvalue weighted by atomic mass is 35.5. The van der Waals surface area contributed by atoms with Crippen molar-refractivity contribution in [3.8, 4) is 0 Å². The van der Waals surface area contributed by atoms with E-state index in [2.05, 4.69) is 17.1 Å². The number of halogens is 2. The van der Waals surface area contributed by atoms with E-state index in [0.717, 1.165) is 31.7 Å². The molecule has 0 saturated carbocycles. The fourth-order valence-corrected chi connectivity index (χ4v) is 2.69. The van der Waals surface area contributed by atoms with E-state index >= 15 is 0 Å². The summed E-state index contributed by atoms with van der Waals surface area (Å²) in [6.45, 7) is 5.26. The Morgan fingerprint density at radius 1 is 1.31 bits per heavy atom. The third kappa shape index (κ3) is 2.62. The van der Waals surface area contributed by atoms with Gasteiger partial charge in [0.15, 0.2) is 0 Å². The molecule has 16 heavy (non-hydrogen) atoms. The van der Waals surface area contributed by atoms with Crippen LogP contribution in [0.15, 0.2) is 18.2 Å². The monoisotopic (exact) mass is 258 g/mol. The summed E-state index contributed by atoms with van der Waals surface area (Å²) in [5.74, 6) is 0. The van der Waals surface area contributed by atoms with Gasteiger partial charge in [0, 0.05) is 41.4 Å². The highest BCUT2D eigenvalue weighted by Gasteiger charge is 2.21. The predicted octanol–water partition coefficient (Wildman–Crippen LogP) is 3.18. The fourth-order valence-electron chi connectivity index (χ4n) is 2.17. The van der Waals surface area contributed by atoms with Crippen LogP contribution in [-0.2, 0) is 0 Å². The molecule has 1 aromatic carbocycles. The van der Waals surface area contributed by atoms with Crippen LogP contribution < -0.4 is 10.2 Å². The Morgan fingerprint density at radius 2 is 2.00 bits per heavy atom. The van der Waals surface area contributed by atoms with Gasteiger partial charge in [-0.3, -0.25) is 0 Å². The molecule has 0 radical (unpaired) electrons. The Balaban J connectivity index is 2.26. The van der Waals surface area contributed by atoms with Gasteiger partial charge < -0.3 is 10.2 Å². The van der Waals surface area contributed by atoms with E-state index in [0.29, 0.717) is 16.1 Å². The van der Waals surface area contributed by atoms with Crippen molar-refractivity contribution < 1.29 is 0 Å². The maximum absolute atomic E-state index is 6.03. The van der Waals surface area contributed by atoms with Gasteiger partial charge in [0.1, 0.15) is 0 Å². The first-order valence-electron chi connectivity index (χ1n) is 5.64. The highest BCUT2D eigenvalue weighted by molar-refractivity contribution is 6.35. The van der Waals surface area contributed by atoms with Gasteiger partial charge in [-0.15, -0.1) is 0 Å². The Labute approximate surface area is 107 Å². The van der Waals surface area contributed by atoms with Crippen LogP contribution in [-0.4, -0.2) is 25.7 Å². The summed E-state index contributed by atoms with van der Waals surface area (Å²) < 4.78 is 0. The van der Waals surface area contributed by atoms with Crippen molar-refractivity contribution in [1.29, 1.82) is 0 Å². The summed E-state index contributed by atoms with van der Waals surface area (Å²) in [4.78, 5) is 2.38. The molecule has 1 unspecified atom stereocenters. The molecule has 2 nitrogen and oxygen atoms in total. The van der Waals surface area contributed by atoms with Crippen molar-refractivity contribution in [2.24, 2.45) is 0 Å². The van der Waals surface area contributed by atoms with Crippen molar-refractivity contribution in [2.75, 3.05) is 24.5 Å². The van der Waals surface area contributed by atoms with E-state index in [1.807, 2.05) is 12.1 Å². The molecule has 0 spiro atoms. The second-order valence-corrected chi connectivity index (χ2v) is 4.96. The smallest absolute Gasteiger partial charge is 0.0441 e. The molecule has 88 valence electrons. The molecule has 1 saturated heterocycles. The normalized spacial score (nSPS) is 21.2. The lowest BCUT2D eigenvalue weighted by Crippen LogP contribution is -2.51. The topological polar surface area (TPSA) is 15.3 Å². The lowest BCUT2D eigenvalue weighted by atomic mass is 10.1. The quantitative estimate of drug-likeness (QED) is 0.877. The SMILES string of the molecule is CCC1CNCCN1c1cc(Cl)cc(Cl)c1. The maximum Gasteiger partial charge on any atom is 0.0441 e. The Bertz CT molecular complexity index is 348. The van der Waals surface area contributed by atoms with Crippen LogP contribution in [0.4, 0.5) is 5.69 Å². The third-order valence-corrected chi connectivity index (χ3v) is 3.44. The van der Waals surface area contributed by atoms with Crippen LogP contribution in [0.5, 0.6) is 0 Å². The number of nitrogens with zero attached hydrogens (tertiary/aromatic N) is 1. The average molecular weight is 259 g/mol. The Hall–Kier alpha value is -0.440. The number of anilines is 1. The van der Waals surface area contributed by atoms with Crippen LogP contribution in [0.3, 0.4) is 0 Å². The summed E-state index contributed by atoms with van der Waals surface area (Å²) in [6, 6.07) is 6.28. The lowest BCUT2D eigenvalue weighted by Gasteiger charge is -2.37. The maximum atomic E-state index is 6.03. The molecule has 1 aliphatic rings. The zero-order chi connectivity index (χ0) is 11.5. The molecular weight excluding hydrogens is 243 g/mol. The Morgan fingerprint density at radius 3 is 2.62 bits per heavy atom. The zero-order valence-corrected chi connectivity index (χ0v) is 10.9. The highest BCUT2D eigenvalue weighted by Crippen LogP contribution is 2.27. The van der Waals surface area contributed by atoms with Gasteiger partial charge in [-0.1, -0.05) is 30.1 Å². The van der Waals surface area contributed by atoms with E-state index in [1.165, 1.54) is 0 Å². The van der Waals surface area contributed by atoms with Crippen LogP contribution in [0.1, 0.15) is 13.3 Å². The second-order valence-electron chi connectivity index (χ2n) is 4.09. The molecular formula is C12H16Cl2N2. The van der Waals surface area contributed by atoms with Gasteiger partial charge in [-0.05, 0) is 24.6 Å². The van der Waals surface area contributed by atoms with Gasteiger partial charge in [0.2, 0.25) is 0 Å². The molecule has 0 amide bonds. The molecule has 1 aromatic rings. The minimum Gasteiger partial charge on any atom is -0.366 e. The standard InChI is InChI=1S/C12H16Cl2N2/c1-2-11-8-15-3-4-16(11)12-6-9(13)5-10(14)7-12/h5-7,11,15H,2-4,8H2,1H3. The number of piperazine rings is 1. The molecule has 1 aliphatic heterocycles. The van der Waals surface area contributed by atoms with Crippen molar-refractivity contribution >= 4 is 28.9 Å². The largest absolute Gasteiger partial charge is 0.366 e. The van der Waals surface area contributed by atoms with Gasteiger partial charge in [0.05, 0.1) is 0 Å². The second kappa shape index (κ2) is 5.26. The van der Waals surface area contributed by atoms with Crippen LogP contribution >= 0.6 is 23.2 Å². The summed E-state index contributed by atoms with van der Waals surface area (Å²) >= 11 is 12.1. The van der Waals surface area contributed by atoms with Gasteiger partial charge in [-0.2, -0.15) is 0 Å². The van der Waals surface area contributed by atoms with Gasteiger partial charge in [0.25, 0.3) is 0 Å². The minimum absolute atomic E-state index is 0.531. The summed E-state index contributed by atoms with van der Waals surface area (Å²) in [7, 11) is 0. The van der Waals surface area contributed by atoms with E-state index in [4.69, 9.17) is 23.2 Å². The predicted molar refractivity (Wildman–Crippen MR) is 70.8 cm³/mol. The molecule has 0 aliphatic carbocycles. The molecule has 4 heteroatoms. The average Bonchev–Trinajstić information content (AvgIpc) is 2.27. The molecule has 1 heterocycles. The molecule has 0 bridgehead atoms. The number of rotatable bonds is 2. The Kier molecular flexibility index (Phi) is 3.95. The number of hydrogen-bond acceptors (Lipinski definition) is 2. The van der Waals surface area contributed by atoms with Gasteiger partial charge >= 0.3 is 0 Å². The molecule has 1 atom stereocenters. The van der Waals surface area contributed by atoms with Crippen molar-refractivity contribution in [2.45, 2.75) is 19.4 Å². The van der Waals surface area contributed by atoms with Gasteiger partial charge in [-0.25, -0.2) is 0 Å². The van der Waals surface area contributed by atoms with Crippen LogP contribution in [0.25, 0.3) is 0 Å². The zero-order valence-electron chi connectivity index (χ0n) is 9.34. The van der Waals surface area contributed by atoms with E-state index in [9.17, 15) is 0 Å². The molecule has 2 rings (SSSR count). The van der Waals surface area contributed by atoms with Crippen molar-refractivity contribution in [1.82, 2.24) is 5.32 Å². The van der Waals surface area contributed by atoms with Crippen molar-refractivity contribution in [3.63, 3.8) is 0 Å². The summed E-state index contributed by atoms with van der Waals surface area (Å²) in [5.41, 5.74) is 1.13. The summed E-state index contributed by atoms with van der Waals surface area (Å²) in [6.07, 6.45) is 1.12. The third-order valence-electron chi connectivity index (χ3n) is 3.00. The number of nitrogens with one attached hydrogen (secondary N) is 1. The fraction of sp³-hybridized carbons (Fsp3) is 0.500. The van der Waals surface area contributed by atoms with Crippen LogP contribution in [0, 0.1) is 0 Å². The minimum atomic E-state index is 0.531. The molecule has 1 fully saturated rings. The molecule has 1 N–H and O–H groups in total. The van der Waals surface area contributed by atoms with E-state index in [-0.39, 0.29) is 0 Å². The number of hydrogen-bond donors (Lipinski definition) is 1. The number of benzene rings is 1. The van der Waals surface area contributed by atoms with Crippen LogP contribution in [0.2, 0.25) is 10.0 Å². The van der Waals surface area contributed by atoms with E-state index < -0.39 is 0 Å². The first-order chi connectivity index (χ1) is 7.70.